The van der Waals surface area contributed by atoms with Gasteiger partial charge >= 0.3 is 0 Å². The normalized spacial score (nSPS) is 12.2. The smallest absolute Gasteiger partial charge is 0.269 e. The van der Waals surface area contributed by atoms with E-state index in [0.29, 0.717) is 0 Å². The number of rotatable bonds is 6. The lowest BCUT2D eigenvalue weighted by atomic mass is 9.88. The van der Waals surface area contributed by atoms with Crippen LogP contribution in [0, 0.1) is 6.33 Å². The van der Waals surface area contributed by atoms with Crippen molar-refractivity contribution in [3.8, 4) is 34.4 Å². The van der Waals surface area contributed by atoms with Crippen LogP contribution in [-0.4, -0.2) is 23.3 Å². The fourth-order valence-corrected chi connectivity index (χ4v) is 10.4. The van der Waals surface area contributed by atoms with Crippen LogP contribution in [0.4, 0.5) is 0 Å². The molecule has 5 heterocycles. The third kappa shape index (κ3) is 5.62. The highest BCUT2D eigenvalue weighted by Gasteiger charge is 2.29. The summed E-state index contributed by atoms with van der Waals surface area (Å²) >= 11 is 0. The number of aryl methyl sites for hydroxylation is 1. The van der Waals surface area contributed by atoms with Gasteiger partial charge in [0.1, 0.15) is 17.3 Å². The molecule has 0 aliphatic carbocycles. The van der Waals surface area contributed by atoms with Crippen molar-refractivity contribution in [3.63, 3.8) is 0 Å². The molecule has 0 amide bonds. The number of pyridine rings is 1. The average Bonchev–Trinajstić information content (AvgIpc) is 4.09. The molecule has 0 aliphatic heterocycles. The summed E-state index contributed by atoms with van der Waals surface area (Å²) in [6, 6.07) is 66.5. The van der Waals surface area contributed by atoms with E-state index in [-0.39, 0.29) is 5.41 Å². The summed E-state index contributed by atoms with van der Waals surface area (Å²) in [5.74, 6) is 2.31. The van der Waals surface area contributed by atoms with E-state index in [1.807, 2.05) is 24.4 Å². The monoisotopic (exact) mass is 852 g/mol. The number of imidazole rings is 1. The van der Waals surface area contributed by atoms with Crippen LogP contribution < -0.4 is 9.30 Å². The van der Waals surface area contributed by atoms with Crippen LogP contribution in [0.2, 0.25) is 0 Å². The first kappa shape index (κ1) is 38.1. The van der Waals surface area contributed by atoms with Gasteiger partial charge in [-0.1, -0.05) is 124 Å². The maximum absolute atomic E-state index is 6.93. The summed E-state index contributed by atoms with van der Waals surface area (Å²) in [6.45, 7) is 6.78. The minimum Gasteiger partial charge on any atom is -0.458 e. The van der Waals surface area contributed by atoms with E-state index in [2.05, 4.69) is 227 Å². The molecule has 7 nitrogen and oxygen atoms in total. The molecule has 0 aliphatic rings. The Morgan fingerprint density at radius 3 is 1.91 bits per heavy atom. The highest BCUT2D eigenvalue weighted by molar-refractivity contribution is 6.40. The Bertz CT molecular complexity index is 4070. The first-order valence-corrected chi connectivity index (χ1v) is 22.5. The zero-order valence-electron chi connectivity index (χ0n) is 37.1. The number of aromatic nitrogens is 6. The Kier molecular flexibility index (Phi) is 8.25. The van der Waals surface area contributed by atoms with Crippen LogP contribution in [0.25, 0.3) is 99.3 Å². The standard InChI is InChI=1S/C59H44N6O/c1-59(2,3)38-32-33-60-52(34-38)65-51-36-43(66-42-23-17-22-41(35-42)63-37-62(39-18-7-5-8-19-39)49-28-15-16-29-50(49)63)30-31-46(51)55-56-53(54-44-24-11-13-26-47(44)61(4)57(54)58(55)65)45-25-12-14-27-48(45)64(56)40-20-9-6-10-21-40/h5-36H,1-4H3. The Morgan fingerprint density at radius 2 is 1.14 bits per heavy atom. The van der Waals surface area contributed by atoms with Gasteiger partial charge in [-0.2, -0.15) is 0 Å². The lowest BCUT2D eigenvalue weighted by Crippen LogP contribution is -2.29. The fraction of sp³-hybridized carbons (Fsp3) is 0.0847. The van der Waals surface area contributed by atoms with Gasteiger partial charge in [0.25, 0.3) is 6.33 Å². The molecule has 0 spiro atoms. The molecule has 0 radical (unpaired) electrons. The first-order chi connectivity index (χ1) is 32.3. The molecule has 13 aromatic rings. The maximum atomic E-state index is 6.93. The van der Waals surface area contributed by atoms with Gasteiger partial charge in [-0.25, -0.2) is 4.98 Å². The molecule has 316 valence electrons. The lowest BCUT2D eigenvalue weighted by Gasteiger charge is -2.20. The predicted molar refractivity (Wildman–Crippen MR) is 269 cm³/mol. The largest absolute Gasteiger partial charge is 0.458 e. The van der Waals surface area contributed by atoms with Gasteiger partial charge < -0.3 is 13.9 Å². The molecule has 0 bridgehead atoms. The van der Waals surface area contributed by atoms with Crippen LogP contribution in [0.1, 0.15) is 26.3 Å². The molecule has 0 N–H and O–H groups in total. The van der Waals surface area contributed by atoms with Gasteiger partial charge in [-0.15, -0.1) is 0 Å². The molecule has 66 heavy (non-hydrogen) atoms. The van der Waals surface area contributed by atoms with Crippen LogP contribution in [0.15, 0.2) is 194 Å². The molecule has 0 saturated carbocycles. The zero-order valence-corrected chi connectivity index (χ0v) is 37.1. The minimum atomic E-state index is -0.0967. The summed E-state index contributed by atoms with van der Waals surface area (Å²) < 4.78 is 18.4. The second kappa shape index (κ2) is 14.3. The van der Waals surface area contributed by atoms with Crippen molar-refractivity contribution < 1.29 is 9.30 Å². The van der Waals surface area contributed by atoms with Gasteiger partial charge in [0.15, 0.2) is 0 Å². The second-order valence-electron chi connectivity index (χ2n) is 18.3. The van der Waals surface area contributed by atoms with Gasteiger partial charge in [0.05, 0.1) is 50.0 Å². The average molecular weight is 853 g/mol. The van der Waals surface area contributed by atoms with Crippen molar-refractivity contribution in [1.29, 1.82) is 0 Å². The highest BCUT2D eigenvalue weighted by atomic mass is 16.5. The number of hydrogen-bond donors (Lipinski definition) is 0. The van der Waals surface area contributed by atoms with Gasteiger partial charge in [0, 0.05) is 62.8 Å². The molecular weight excluding hydrogens is 809 g/mol. The van der Waals surface area contributed by atoms with E-state index in [4.69, 9.17) is 9.72 Å². The van der Waals surface area contributed by atoms with Crippen molar-refractivity contribution in [2.75, 3.05) is 0 Å². The van der Waals surface area contributed by atoms with E-state index in [1.54, 1.807) is 0 Å². The van der Waals surface area contributed by atoms with Crippen molar-refractivity contribution in [2.24, 2.45) is 7.05 Å². The van der Waals surface area contributed by atoms with Gasteiger partial charge in [-0.05, 0) is 89.8 Å². The molecule has 0 saturated heterocycles. The van der Waals surface area contributed by atoms with E-state index >= 15 is 0 Å². The summed E-state index contributed by atoms with van der Waals surface area (Å²) in [5.41, 5.74) is 13.1. The molecule has 0 unspecified atom stereocenters. The molecule has 13 rings (SSSR count). The minimum absolute atomic E-state index is 0.0967. The van der Waals surface area contributed by atoms with Crippen LogP contribution in [0.5, 0.6) is 11.5 Å². The molecule has 0 atom stereocenters. The first-order valence-electron chi connectivity index (χ1n) is 22.5. The summed E-state index contributed by atoms with van der Waals surface area (Å²) in [7, 11) is 2.21. The van der Waals surface area contributed by atoms with Crippen molar-refractivity contribution in [3.05, 3.63) is 206 Å². The highest BCUT2D eigenvalue weighted by Crippen LogP contribution is 2.50. The number of para-hydroxylation sites is 6. The van der Waals surface area contributed by atoms with E-state index < -0.39 is 0 Å². The molecule has 5 aromatic heterocycles. The molecule has 8 aromatic carbocycles. The number of ether oxygens (including phenoxy) is 1. The Balaban J connectivity index is 1.10. The summed E-state index contributed by atoms with van der Waals surface area (Å²) in [6.07, 6.45) is 5.59. The van der Waals surface area contributed by atoms with E-state index in [0.717, 1.165) is 78.3 Å². The Morgan fingerprint density at radius 1 is 0.500 bits per heavy atom. The molecule has 7 heteroatoms. The number of nitrogens with zero attached hydrogens (tertiary/aromatic N) is 6. The van der Waals surface area contributed by atoms with E-state index in [9.17, 15) is 0 Å². The van der Waals surface area contributed by atoms with Crippen LogP contribution >= 0.6 is 0 Å². The van der Waals surface area contributed by atoms with Gasteiger partial charge in [-0.3, -0.25) is 13.7 Å². The Labute approximate surface area is 381 Å². The third-order valence-corrected chi connectivity index (χ3v) is 13.4. The van der Waals surface area contributed by atoms with Crippen molar-refractivity contribution >= 4 is 76.5 Å². The SMILES string of the molecule is Cn1c2ccccc2c2c3c4ccccc4n(-c4ccccc4)c3c3c4ccc(Oc5cccc(-[n+]6[c-]n(-c7ccccc7)c7ccccc76)c5)cc4n(-c4cc(C(C)(C)C)ccn4)c3c21. The summed E-state index contributed by atoms with van der Waals surface area (Å²) in [5, 5.41) is 7.19. The predicted octanol–water partition coefficient (Wildman–Crippen LogP) is 14.0. The van der Waals surface area contributed by atoms with Crippen LogP contribution in [0.3, 0.4) is 0 Å². The maximum Gasteiger partial charge on any atom is 0.269 e. The summed E-state index contributed by atoms with van der Waals surface area (Å²) in [4.78, 5) is 5.19. The topological polar surface area (TPSA) is 45.7 Å². The fourth-order valence-electron chi connectivity index (χ4n) is 10.4. The molecule has 0 fully saturated rings. The number of benzene rings is 8. The number of hydrogen-bond acceptors (Lipinski definition) is 2. The quantitative estimate of drug-likeness (QED) is 0.124. The number of fused-ring (bicyclic) bond motifs is 13. The second-order valence-corrected chi connectivity index (χ2v) is 18.3. The lowest BCUT2D eigenvalue weighted by molar-refractivity contribution is -0.572. The molecular formula is C59H44N6O. The van der Waals surface area contributed by atoms with E-state index in [1.165, 1.54) is 38.1 Å². The van der Waals surface area contributed by atoms with Crippen molar-refractivity contribution in [1.82, 2.24) is 23.3 Å². The van der Waals surface area contributed by atoms with Crippen LogP contribution in [-0.2, 0) is 12.5 Å². The zero-order chi connectivity index (χ0) is 44.3. The van der Waals surface area contributed by atoms with Crippen molar-refractivity contribution in [2.45, 2.75) is 26.2 Å². The van der Waals surface area contributed by atoms with Gasteiger partial charge in [0.2, 0.25) is 0 Å². The Hall–Kier alpha value is -8.42. The third-order valence-electron chi connectivity index (χ3n) is 13.4.